The van der Waals surface area contributed by atoms with Gasteiger partial charge in [-0.1, -0.05) is 53.6 Å². The molecule has 0 heterocycles. The number of esters is 1. The Balaban J connectivity index is 1.72. The highest BCUT2D eigenvalue weighted by Crippen LogP contribution is 2.19. The number of nitrogens with one attached hydrogen (secondary N) is 1. The summed E-state index contributed by atoms with van der Waals surface area (Å²) in [5.41, 5.74) is 4.38. The second-order valence-corrected chi connectivity index (χ2v) is 7.18. The lowest BCUT2D eigenvalue weighted by molar-refractivity contribution is -0.119. The van der Waals surface area contributed by atoms with E-state index in [9.17, 15) is 14.4 Å². The molecule has 5 nitrogen and oxygen atoms in total. The van der Waals surface area contributed by atoms with Gasteiger partial charge in [-0.3, -0.25) is 9.59 Å². The Morgan fingerprint density at radius 3 is 2.10 bits per heavy atom. The van der Waals surface area contributed by atoms with Gasteiger partial charge < -0.3 is 10.1 Å². The van der Waals surface area contributed by atoms with Crippen LogP contribution in [0.25, 0.3) is 0 Å². The first kappa shape index (κ1) is 21.0. The van der Waals surface area contributed by atoms with E-state index in [1.54, 1.807) is 36.4 Å². The summed E-state index contributed by atoms with van der Waals surface area (Å²) >= 11 is 0. The molecule has 3 aromatic rings. The van der Waals surface area contributed by atoms with Crippen molar-refractivity contribution in [1.29, 1.82) is 0 Å². The lowest BCUT2D eigenvalue weighted by Crippen LogP contribution is -2.22. The molecule has 0 spiro atoms. The van der Waals surface area contributed by atoms with E-state index in [1.807, 2.05) is 45.0 Å². The van der Waals surface area contributed by atoms with Gasteiger partial charge in [0, 0.05) is 16.8 Å². The Bertz CT molecular complexity index is 1100. The number of ketones is 1. The van der Waals surface area contributed by atoms with Gasteiger partial charge in [0.05, 0.1) is 5.56 Å². The summed E-state index contributed by atoms with van der Waals surface area (Å²) in [6.45, 7) is 5.26. The molecule has 0 atom stereocenters. The van der Waals surface area contributed by atoms with Crippen LogP contribution in [0.2, 0.25) is 0 Å². The van der Waals surface area contributed by atoms with Crippen molar-refractivity contribution in [3.05, 3.63) is 100 Å². The highest BCUT2D eigenvalue weighted by Gasteiger charge is 2.21. The molecule has 0 fully saturated rings. The first-order chi connectivity index (χ1) is 14.3. The molecule has 0 unspecified atom stereocenters. The Morgan fingerprint density at radius 1 is 0.767 bits per heavy atom. The second kappa shape index (κ2) is 9.18. The Hall–Kier alpha value is -3.73. The number of hydrogen-bond acceptors (Lipinski definition) is 4. The van der Waals surface area contributed by atoms with Crippen LogP contribution in [0.15, 0.2) is 66.7 Å². The number of benzene rings is 3. The van der Waals surface area contributed by atoms with Crippen molar-refractivity contribution in [2.75, 3.05) is 11.9 Å². The number of aryl methyl sites for hydroxylation is 3. The van der Waals surface area contributed by atoms with Gasteiger partial charge in [-0.05, 0) is 50.6 Å². The molecular formula is C25H23NO4. The minimum atomic E-state index is -0.719. The van der Waals surface area contributed by atoms with Crippen LogP contribution in [0, 0.1) is 20.8 Å². The zero-order valence-electron chi connectivity index (χ0n) is 17.2. The summed E-state index contributed by atoms with van der Waals surface area (Å²) in [6, 6.07) is 19.4. The van der Waals surface area contributed by atoms with Crippen LogP contribution >= 0.6 is 0 Å². The van der Waals surface area contributed by atoms with E-state index < -0.39 is 18.5 Å². The molecule has 152 valence electrons. The molecular weight excluding hydrogens is 378 g/mol. The number of carbonyl (C=O) groups excluding carboxylic acids is 3. The van der Waals surface area contributed by atoms with E-state index in [2.05, 4.69) is 5.32 Å². The maximum atomic E-state index is 13.1. The third kappa shape index (κ3) is 5.00. The lowest BCUT2D eigenvalue weighted by atomic mass is 9.94. The highest BCUT2D eigenvalue weighted by molar-refractivity contribution is 6.15. The highest BCUT2D eigenvalue weighted by atomic mass is 16.5. The van der Waals surface area contributed by atoms with Gasteiger partial charge in [0.15, 0.2) is 12.4 Å². The lowest BCUT2D eigenvalue weighted by Gasteiger charge is -2.11. The van der Waals surface area contributed by atoms with E-state index in [4.69, 9.17) is 4.74 Å². The molecule has 0 saturated carbocycles. The summed E-state index contributed by atoms with van der Waals surface area (Å²) in [5, 5.41) is 2.67. The number of amides is 1. The van der Waals surface area contributed by atoms with Crippen molar-refractivity contribution >= 4 is 23.3 Å². The summed E-state index contributed by atoms with van der Waals surface area (Å²) < 4.78 is 5.16. The predicted molar refractivity (Wildman–Crippen MR) is 116 cm³/mol. The van der Waals surface area contributed by atoms with E-state index in [0.29, 0.717) is 11.3 Å². The number of carbonyl (C=O) groups is 3. The van der Waals surface area contributed by atoms with E-state index in [-0.39, 0.29) is 16.9 Å². The fourth-order valence-electron chi connectivity index (χ4n) is 3.03. The molecule has 0 radical (unpaired) electrons. The quantitative estimate of drug-likeness (QED) is 0.482. The third-order valence-electron chi connectivity index (χ3n) is 4.70. The van der Waals surface area contributed by atoms with Gasteiger partial charge in [-0.2, -0.15) is 0 Å². The van der Waals surface area contributed by atoms with Crippen LogP contribution in [0.5, 0.6) is 0 Å². The number of rotatable bonds is 6. The maximum absolute atomic E-state index is 13.1. The van der Waals surface area contributed by atoms with E-state index in [0.717, 1.165) is 16.7 Å². The summed E-state index contributed by atoms with van der Waals surface area (Å²) in [5.74, 6) is -1.43. The van der Waals surface area contributed by atoms with Gasteiger partial charge in [0.25, 0.3) is 5.91 Å². The Morgan fingerprint density at radius 2 is 1.40 bits per heavy atom. The Labute approximate surface area is 175 Å². The molecule has 3 aromatic carbocycles. The first-order valence-corrected chi connectivity index (χ1v) is 9.60. The van der Waals surface area contributed by atoms with Crippen LogP contribution in [-0.2, 0) is 9.53 Å². The zero-order chi connectivity index (χ0) is 21.7. The normalized spacial score (nSPS) is 10.4. The average molecular weight is 401 g/mol. The molecule has 30 heavy (non-hydrogen) atoms. The summed E-state index contributed by atoms with van der Waals surface area (Å²) in [7, 11) is 0. The first-order valence-electron chi connectivity index (χ1n) is 9.60. The smallest absolute Gasteiger partial charge is 0.339 e. The largest absolute Gasteiger partial charge is 0.452 e. The van der Waals surface area contributed by atoms with Gasteiger partial charge >= 0.3 is 5.97 Å². The molecule has 0 aromatic heterocycles. The molecule has 3 rings (SSSR count). The van der Waals surface area contributed by atoms with Crippen LogP contribution in [-0.4, -0.2) is 24.3 Å². The Kier molecular flexibility index (Phi) is 6.42. The van der Waals surface area contributed by atoms with Gasteiger partial charge in [0.2, 0.25) is 0 Å². The molecule has 1 amide bonds. The predicted octanol–water partition coefficient (Wildman–Crippen LogP) is 4.64. The topological polar surface area (TPSA) is 72.5 Å². The van der Waals surface area contributed by atoms with Crippen LogP contribution in [0.4, 0.5) is 5.69 Å². The van der Waals surface area contributed by atoms with Crippen molar-refractivity contribution in [3.63, 3.8) is 0 Å². The molecule has 0 aliphatic heterocycles. The molecule has 1 N–H and O–H groups in total. The maximum Gasteiger partial charge on any atom is 0.339 e. The van der Waals surface area contributed by atoms with Gasteiger partial charge in [-0.15, -0.1) is 0 Å². The van der Waals surface area contributed by atoms with E-state index in [1.165, 1.54) is 6.07 Å². The number of anilines is 1. The van der Waals surface area contributed by atoms with Gasteiger partial charge in [-0.25, -0.2) is 4.79 Å². The standard InChI is InChI=1S/C25H23NO4/c1-16-9-12-19(13-10-16)26-23(27)15-30-25(29)21-7-5-4-6-20(21)24(28)22-14-17(2)8-11-18(22)3/h4-14H,15H2,1-3H3,(H,26,27). The SMILES string of the molecule is Cc1ccc(NC(=O)COC(=O)c2ccccc2C(=O)c2cc(C)ccc2C)cc1. The molecule has 0 aliphatic carbocycles. The van der Waals surface area contributed by atoms with Crippen molar-refractivity contribution in [2.24, 2.45) is 0 Å². The van der Waals surface area contributed by atoms with Crippen LogP contribution in [0.3, 0.4) is 0 Å². The fourth-order valence-corrected chi connectivity index (χ4v) is 3.03. The third-order valence-corrected chi connectivity index (χ3v) is 4.70. The van der Waals surface area contributed by atoms with Crippen molar-refractivity contribution < 1.29 is 19.1 Å². The van der Waals surface area contributed by atoms with Crippen LogP contribution < -0.4 is 5.32 Å². The van der Waals surface area contributed by atoms with Crippen LogP contribution in [0.1, 0.15) is 43.0 Å². The summed E-state index contributed by atoms with van der Waals surface area (Å²) in [6.07, 6.45) is 0. The fraction of sp³-hybridized carbons (Fsp3) is 0.160. The van der Waals surface area contributed by atoms with Crippen molar-refractivity contribution in [1.82, 2.24) is 0 Å². The monoisotopic (exact) mass is 401 g/mol. The number of hydrogen-bond donors (Lipinski definition) is 1. The number of ether oxygens (including phenoxy) is 1. The molecule has 0 aliphatic rings. The summed E-state index contributed by atoms with van der Waals surface area (Å²) in [4.78, 5) is 37.8. The van der Waals surface area contributed by atoms with Crippen molar-refractivity contribution in [2.45, 2.75) is 20.8 Å². The van der Waals surface area contributed by atoms with E-state index >= 15 is 0 Å². The minimum absolute atomic E-state index is 0.131. The van der Waals surface area contributed by atoms with Gasteiger partial charge in [0.1, 0.15) is 0 Å². The molecule has 0 saturated heterocycles. The van der Waals surface area contributed by atoms with Crippen molar-refractivity contribution in [3.8, 4) is 0 Å². The minimum Gasteiger partial charge on any atom is -0.452 e. The second-order valence-electron chi connectivity index (χ2n) is 7.18. The zero-order valence-corrected chi connectivity index (χ0v) is 17.2. The molecule has 5 heteroatoms. The molecule has 0 bridgehead atoms. The average Bonchev–Trinajstić information content (AvgIpc) is 2.75.